The highest BCUT2D eigenvalue weighted by Crippen LogP contribution is 2.21. The fraction of sp³-hybridized carbons (Fsp3) is 0.500. The number of rotatable bonds is 7. The number of hydrogen-bond donors (Lipinski definition) is 2. The smallest absolute Gasteiger partial charge is 0.132 e. The Bertz CT molecular complexity index is 341. The molecule has 0 aliphatic carbocycles. The maximum absolute atomic E-state index is 13.4. The lowest BCUT2D eigenvalue weighted by molar-refractivity contribution is 0.0704. The summed E-state index contributed by atoms with van der Waals surface area (Å²) in [6, 6.07) is 4.31. The van der Waals surface area contributed by atoms with Gasteiger partial charge >= 0.3 is 0 Å². The Morgan fingerprint density at radius 2 is 2.06 bits per heavy atom. The molecule has 0 saturated heterocycles. The van der Waals surface area contributed by atoms with E-state index in [0.717, 1.165) is 0 Å². The molecule has 1 rings (SSSR count). The second kappa shape index (κ2) is 7.21. The van der Waals surface area contributed by atoms with Gasteiger partial charge in [0.1, 0.15) is 18.2 Å². The lowest BCUT2D eigenvalue weighted by atomic mass is 10.1. The molecule has 0 unspecified atom stereocenters. The van der Waals surface area contributed by atoms with Crippen LogP contribution in [0.1, 0.15) is 18.6 Å². The van der Waals surface area contributed by atoms with Crippen molar-refractivity contribution in [2.45, 2.75) is 13.0 Å². The van der Waals surface area contributed by atoms with Gasteiger partial charge in [-0.15, -0.1) is 0 Å². The third kappa shape index (κ3) is 4.68. The Hall–Kier alpha value is -1.17. The summed E-state index contributed by atoms with van der Waals surface area (Å²) >= 11 is 0. The molecule has 0 aromatic heterocycles. The molecule has 96 valence electrons. The van der Waals surface area contributed by atoms with Crippen molar-refractivity contribution in [3.63, 3.8) is 0 Å². The van der Waals surface area contributed by atoms with Gasteiger partial charge in [0.2, 0.25) is 0 Å². The Morgan fingerprint density at radius 1 is 1.29 bits per heavy atom. The van der Waals surface area contributed by atoms with Crippen LogP contribution in [0.2, 0.25) is 0 Å². The summed E-state index contributed by atoms with van der Waals surface area (Å²) in [7, 11) is 0. The molecular weight excluding hydrogens is 227 g/mol. The summed E-state index contributed by atoms with van der Waals surface area (Å²) in [5, 5.41) is 17.7. The third-order valence-corrected chi connectivity index (χ3v) is 2.15. The fourth-order valence-corrected chi connectivity index (χ4v) is 1.32. The summed E-state index contributed by atoms with van der Waals surface area (Å²) < 4.78 is 23.7. The van der Waals surface area contributed by atoms with Crippen LogP contribution in [0.4, 0.5) is 4.39 Å². The van der Waals surface area contributed by atoms with Crippen LogP contribution in [0, 0.1) is 5.82 Å². The van der Waals surface area contributed by atoms with Crippen LogP contribution in [-0.4, -0.2) is 36.6 Å². The van der Waals surface area contributed by atoms with Crippen LogP contribution in [-0.2, 0) is 4.74 Å². The second-order valence-corrected chi connectivity index (χ2v) is 3.54. The van der Waals surface area contributed by atoms with E-state index in [9.17, 15) is 9.50 Å². The lowest BCUT2D eigenvalue weighted by Crippen LogP contribution is -2.09. The van der Waals surface area contributed by atoms with Crippen molar-refractivity contribution in [2.24, 2.45) is 0 Å². The summed E-state index contributed by atoms with van der Waals surface area (Å²) in [5.41, 5.74) is 0.244. The highest BCUT2D eigenvalue weighted by molar-refractivity contribution is 5.29. The number of aliphatic hydroxyl groups excluding tert-OH is 2. The van der Waals surface area contributed by atoms with E-state index < -0.39 is 11.9 Å². The molecule has 0 fully saturated rings. The van der Waals surface area contributed by atoms with E-state index in [1.807, 2.05) is 0 Å². The van der Waals surface area contributed by atoms with E-state index in [-0.39, 0.29) is 25.4 Å². The van der Waals surface area contributed by atoms with Crippen LogP contribution in [0.25, 0.3) is 0 Å². The fourth-order valence-electron chi connectivity index (χ4n) is 1.32. The molecule has 0 amide bonds. The molecule has 0 aliphatic heterocycles. The van der Waals surface area contributed by atoms with Crippen molar-refractivity contribution in [3.8, 4) is 5.75 Å². The zero-order chi connectivity index (χ0) is 12.7. The molecule has 5 heteroatoms. The predicted molar refractivity (Wildman–Crippen MR) is 60.4 cm³/mol. The minimum Gasteiger partial charge on any atom is -0.491 e. The zero-order valence-electron chi connectivity index (χ0n) is 9.73. The summed E-state index contributed by atoms with van der Waals surface area (Å²) in [5.74, 6) is -0.103. The van der Waals surface area contributed by atoms with Gasteiger partial charge in [0.25, 0.3) is 0 Å². The maximum atomic E-state index is 13.4. The van der Waals surface area contributed by atoms with Crippen LogP contribution < -0.4 is 4.74 Å². The van der Waals surface area contributed by atoms with E-state index in [4.69, 9.17) is 14.6 Å². The molecule has 0 saturated carbocycles. The van der Waals surface area contributed by atoms with Crippen molar-refractivity contribution in [1.29, 1.82) is 0 Å². The standard InChI is InChI=1S/C12H17FO4/c1-9(15)11-3-2-10(8-12(11)13)17-7-6-16-5-4-14/h2-3,8-9,14-15H,4-7H2,1H3/t9-/m0/s1. The SMILES string of the molecule is C[C@H](O)c1ccc(OCCOCCO)cc1F. The van der Waals surface area contributed by atoms with Gasteiger partial charge in [-0.2, -0.15) is 0 Å². The number of hydrogen-bond acceptors (Lipinski definition) is 4. The Morgan fingerprint density at radius 3 is 2.65 bits per heavy atom. The molecule has 2 N–H and O–H groups in total. The van der Waals surface area contributed by atoms with Gasteiger partial charge in [0.05, 0.1) is 25.9 Å². The van der Waals surface area contributed by atoms with Crippen molar-refractivity contribution < 1.29 is 24.1 Å². The van der Waals surface area contributed by atoms with Crippen LogP contribution in [0.5, 0.6) is 5.75 Å². The maximum Gasteiger partial charge on any atom is 0.132 e. The molecule has 0 radical (unpaired) electrons. The number of benzene rings is 1. The van der Waals surface area contributed by atoms with Gasteiger partial charge in [-0.1, -0.05) is 0 Å². The van der Waals surface area contributed by atoms with E-state index in [2.05, 4.69) is 0 Å². The normalized spacial score (nSPS) is 12.5. The van der Waals surface area contributed by atoms with Gasteiger partial charge in [-0.05, 0) is 19.1 Å². The number of aliphatic hydroxyl groups is 2. The molecule has 1 atom stereocenters. The first kappa shape index (κ1) is 13.9. The van der Waals surface area contributed by atoms with Gasteiger partial charge in [0.15, 0.2) is 0 Å². The highest BCUT2D eigenvalue weighted by atomic mass is 19.1. The van der Waals surface area contributed by atoms with Gasteiger partial charge in [-0.25, -0.2) is 4.39 Å². The average Bonchev–Trinajstić information content (AvgIpc) is 2.28. The third-order valence-electron chi connectivity index (χ3n) is 2.15. The predicted octanol–water partition coefficient (Wildman–Crippen LogP) is 1.27. The Labute approximate surface area is 99.6 Å². The zero-order valence-corrected chi connectivity index (χ0v) is 9.73. The Kier molecular flexibility index (Phi) is 5.90. The van der Waals surface area contributed by atoms with Crippen molar-refractivity contribution in [3.05, 3.63) is 29.6 Å². The monoisotopic (exact) mass is 244 g/mol. The van der Waals surface area contributed by atoms with Crippen molar-refractivity contribution in [1.82, 2.24) is 0 Å². The van der Waals surface area contributed by atoms with Gasteiger partial charge in [0, 0.05) is 11.6 Å². The first-order valence-electron chi connectivity index (χ1n) is 5.44. The minimum atomic E-state index is -0.836. The highest BCUT2D eigenvalue weighted by Gasteiger charge is 2.08. The summed E-state index contributed by atoms with van der Waals surface area (Å²) in [6.07, 6.45) is -0.836. The van der Waals surface area contributed by atoms with Crippen molar-refractivity contribution in [2.75, 3.05) is 26.4 Å². The van der Waals surface area contributed by atoms with Crippen LogP contribution in [0.3, 0.4) is 0 Å². The van der Waals surface area contributed by atoms with E-state index in [1.165, 1.54) is 19.1 Å². The molecule has 0 aliphatic rings. The van der Waals surface area contributed by atoms with Crippen LogP contribution in [0.15, 0.2) is 18.2 Å². The second-order valence-electron chi connectivity index (χ2n) is 3.54. The molecule has 17 heavy (non-hydrogen) atoms. The molecular formula is C12H17FO4. The molecule has 1 aromatic rings. The van der Waals surface area contributed by atoms with Crippen LogP contribution >= 0.6 is 0 Å². The average molecular weight is 244 g/mol. The summed E-state index contributed by atoms with van der Waals surface area (Å²) in [4.78, 5) is 0. The summed E-state index contributed by atoms with van der Waals surface area (Å²) in [6.45, 7) is 2.35. The lowest BCUT2D eigenvalue weighted by Gasteiger charge is -2.10. The molecule has 1 aromatic carbocycles. The van der Waals surface area contributed by atoms with E-state index in [1.54, 1.807) is 6.07 Å². The van der Waals surface area contributed by atoms with Crippen molar-refractivity contribution >= 4 is 0 Å². The van der Waals surface area contributed by atoms with Gasteiger partial charge < -0.3 is 19.7 Å². The molecule has 0 heterocycles. The largest absolute Gasteiger partial charge is 0.491 e. The Balaban J connectivity index is 2.42. The molecule has 0 spiro atoms. The molecule has 0 bridgehead atoms. The van der Waals surface area contributed by atoms with E-state index in [0.29, 0.717) is 12.4 Å². The number of halogens is 1. The quantitative estimate of drug-likeness (QED) is 0.709. The first-order chi connectivity index (χ1) is 8.15. The molecule has 4 nitrogen and oxygen atoms in total. The van der Waals surface area contributed by atoms with E-state index >= 15 is 0 Å². The minimum absolute atomic E-state index is 0.0300. The topological polar surface area (TPSA) is 58.9 Å². The first-order valence-corrected chi connectivity index (χ1v) is 5.44. The number of ether oxygens (including phenoxy) is 2. The van der Waals surface area contributed by atoms with Gasteiger partial charge in [-0.3, -0.25) is 0 Å².